The summed E-state index contributed by atoms with van der Waals surface area (Å²) in [5.41, 5.74) is 0. The Morgan fingerprint density at radius 3 is 2.44 bits per heavy atom. The average Bonchev–Trinajstić information content (AvgIpc) is 2.29. The second kappa shape index (κ2) is 5.50. The summed E-state index contributed by atoms with van der Waals surface area (Å²) < 4.78 is 0. The van der Waals surface area contributed by atoms with E-state index in [9.17, 15) is 0 Å². The van der Waals surface area contributed by atoms with Crippen molar-refractivity contribution >= 4 is 0 Å². The Labute approximate surface area is 101 Å². The molecule has 2 aliphatic rings. The van der Waals surface area contributed by atoms with Gasteiger partial charge in [0.2, 0.25) is 0 Å². The van der Waals surface area contributed by atoms with Crippen LogP contribution in [0.5, 0.6) is 0 Å². The number of nitrogens with zero attached hydrogens (tertiary/aromatic N) is 1. The second-order valence-electron chi connectivity index (χ2n) is 5.90. The lowest BCUT2D eigenvalue weighted by atomic mass is 9.82. The van der Waals surface area contributed by atoms with Gasteiger partial charge in [-0.3, -0.25) is 4.90 Å². The molecule has 2 nitrogen and oxygen atoms in total. The summed E-state index contributed by atoms with van der Waals surface area (Å²) >= 11 is 0. The third-order valence-corrected chi connectivity index (χ3v) is 4.65. The molecule has 2 heteroatoms. The molecule has 16 heavy (non-hydrogen) atoms. The average molecular weight is 224 g/mol. The van der Waals surface area contributed by atoms with E-state index in [0.29, 0.717) is 0 Å². The summed E-state index contributed by atoms with van der Waals surface area (Å²) in [7, 11) is 0. The number of rotatable bonds is 2. The Hall–Kier alpha value is -0.0800. The lowest BCUT2D eigenvalue weighted by Gasteiger charge is -2.47. The van der Waals surface area contributed by atoms with Crippen LogP contribution < -0.4 is 5.32 Å². The fourth-order valence-corrected chi connectivity index (χ4v) is 3.77. The summed E-state index contributed by atoms with van der Waals surface area (Å²) in [5.74, 6) is 0.994. The van der Waals surface area contributed by atoms with Crippen molar-refractivity contribution in [3.8, 4) is 0 Å². The van der Waals surface area contributed by atoms with E-state index in [4.69, 9.17) is 0 Å². The molecule has 0 spiro atoms. The largest absolute Gasteiger partial charge is 0.314 e. The summed E-state index contributed by atoms with van der Waals surface area (Å²) in [6.45, 7) is 9.49. The van der Waals surface area contributed by atoms with Crippen LogP contribution in [0.3, 0.4) is 0 Å². The third-order valence-electron chi connectivity index (χ3n) is 4.65. The van der Waals surface area contributed by atoms with Crippen LogP contribution in [0.4, 0.5) is 0 Å². The van der Waals surface area contributed by atoms with E-state index in [1.807, 2.05) is 0 Å². The molecule has 1 N–H and O–H groups in total. The highest BCUT2D eigenvalue weighted by atomic mass is 15.3. The monoisotopic (exact) mass is 224 g/mol. The maximum Gasteiger partial charge on any atom is 0.0198 e. The standard InChI is InChI=1S/C14H28N2/c1-4-13-6-5-7-14(8-13)16-11(2)9-15-10-12(16)3/h11-15H,4-10H2,1-3H3. The van der Waals surface area contributed by atoms with Gasteiger partial charge >= 0.3 is 0 Å². The Morgan fingerprint density at radius 2 is 1.81 bits per heavy atom. The topological polar surface area (TPSA) is 15.3 Å². The van der Waals surface area contributed by atoms with Crippen LogP contribution in [-0.2, 0) is 0 Å². The van der Waals surface area contributed by atoms with Gasteiger partial charge in [0.1, 0.15) is 0 Å². The molecule has 2 fully saturated rings. The zero-order valence-corrected chi connectivity index (χ0v) is 11.2. The Morgan fingerprint density at radius 1 is 1.12 bits per heavy atom. The van der Waals surface area contributed by atoms with Crippen LogP contribution in [0, 0.1) is 5.92 Å². The molecule has 2 rings (SSSR count). The summed E-state index contributed by atoms with van der Waals surface area (Å²) in [6, 6.07) is 2.32. The molecule has 1 aliphatic heterocycles. The van der Waals surface area contributed by atoms with Crippen molar-refractivity contribution in [1.82, 2.24) is 10.2 Å². The Kier molecular flexibility index (Phi) is 4.26. The van der Waals surface area contributed by atoms with Gasteiger partial charge in [-0.1, -0.05) is 26.2 Å². The minimum Gasteiger partial charge on any atom is -0.314 e. The first-order valence-corrected chi connectivity index (χ1v) is 7.20. The third kappa shape index (κ3) is 2.60. The molecule has 4 unspecified atom stereocenters. The van der Waals surface area contributed by atoms with Gasteiger partial charge in [0.05, 0.1) is 0 Å². The van der Waals surface area contributed by atoms with Gasteiger partial charge < -0.3 is 5.32 Å². The minimum absolute atomic E-state index is 0.726. The number of piperazine rings is 1. The summed E-state index contributed by atoms with van der Waals surface area (Å²) in [5, 5.41) is 3.54. The van der Waals surface area contributed by atoms with Gasteiger partial charge in [-0.05, 0) is 32.6 Å². The van der Waals surface area contributed by atoms with Crippen LogP contribution >= 0.6 is 0 Å². The zero-order valence-electron chi connectivity index (χ0n) is 11.2. The number of hydrogen-bond donors (Lipinski definition) is 1. The lowest BCUT2D eigenvalue weighted by Crippen LogP contribution is -2.59. The van der Waals surface area contributed by atoms with Gasteiger partial charge in [-0.2, -0.15) is 0 Å². The van der Waals surface area contributed by atoms with Gasteiger partial charge in [-0.25, -0.2) is 0 Å². The maximum atomic E-state index is 3.54. The van der Waals surface area contributed by atoms with Crippen molar-refractivity contribution in [2.45, 2.75) is 71.0 Å². The fraction of sp³-hybridized carbons (Fsp3) is 1.00. The molecule has 1 heterocycles. The number of nitrogens with one attached hydrogen (secondary N) is 1. The fourth-order valence-electron chi connectivity index (χ4n) is 3.77. The highest BCUT2D eigenvalue weighted by Gasteiger charge is 2.33. The molecule has 1 saturated heterocycles. The minimum atomic E-state index is 0.726. The smallest absolute Gasteiger partial charge is 0.0198 e. The van der Waals surface area contributed by atoms with Gasteiger partial charge in [0.25, 0.3) is 0 Å². The van der Waals surface area contributed by atoms with E-state index in [1.165, 1.54) is 45.2 Å². The van der Waals surface area contributed by atoms with Crippen LogP contribution in [-0.4, -0.2) is 36.1 Å². The molecular weight excluding hydrogens is 196 g/mol. The predicted molar refractivity (Wildman–Crippen MR) is 69.7 cm³/mol. The van der Waals surface area contributed by atoms with E-state index >= 15 is 0 Å². The summed E-state index contributed by atoms with van der Waals surface area (Å²) in [6.07, 6.45) is 7.19. The van der Waals surface area contributed by atoms with Crippen molar-refractivity contribution < 1.29 is 0 Å². The van der Waals surface area contributed by atoms with Crippen LogP contribution in [0.25, 0.3) is 0 Å². The van der Waals surface area contributed by atoms with Crippen molar-refractivity contribution in [3.05, 3.63) is 0 Å². The Balaban J connectivity index is 1.98. The molecule has 94 valence electrons. The normalized spacial score (nSPS) is 42.2. The van der Waals surface area contributed by atoms with E-state index in [-0.39, 0.29) is 0 Å². The first-order valence-electron chi connectivity index (χ1n) is 7.20. The van der Waals surface area contributed by atoms with Crippen LogP contribution in [0.15, 0.2) is 0 Å². The number of hydrogen-bond acceptors (Lipinski definition) is 2. The molecule has 1 aliphatic carbocycles. The van der Waals surface area contributed by atoms with Crippen LogP contribution in [0.2, 0.25) is 0 Å². The van der Waals surface area contributed by atoms with Crippen LogP contribution in [0.1, 0.15) is 52.9 Å². The first kappa shape index (κ1) is 12.4. The second-order valence-corrected chi connectivity index (χ2v) is 5.90. The van der Waals surface area contributed by atoms with Gasteiger partial charge in [0.15, 0.2) is 0 Å². The van der Waals surface area contributed by atoms with Crippen molar-refractivity contribution in [2.24, 2.45) is 5.92 Å². The lowest BCUT2D eigenvalue weighted by molar-refractivity contribution is 0.0350. The van der Waals surface area contributed by atoms with Crippen molar-refractivity contribution in [3.63, 3.8) is 0 Å². The van der Waals surface area contributed by atoms with Gasteiger partial charge in [0, 0.05) is 31.2 Å². The molecule has 0 bridgehead atoms. The molecule has 0 aromatic carbocycles. The highest BCUT2D eigenvalue weighted by Crippen LogP contribution is 2.32. The van der Waals surface area contributed by atoms with E-state index in [0.717, 1.165) is 24.0 Å². The molecule has 0 aromatic heterocycles. The molecule has 4 atom stereocenters. The molecular formula is C14H28N2. The first-order chi connectivity index (χ1) is 7.72. The van der Waals surface area contributed by atoms with E-state index < -0.39 is 0 Å². The van der Waals surface area contributed by atoms with E-state index in [1.54, 1.807) is 0 Å². The molecule has 0 radical (unpaired) electrons. The highest BCUT2D eigenvalue weighted by molar-refractivity contribution is 4.90. The predicted octanol–water partition coefficient (Wildman–Crippen LogP) is 2.64. The molecule has 1 saturated carbocycles. The Bertz CT molecular complexity index is 207. The molecule has 0 amide bonds. The summed E-state index contributed by atoms with van der Waals surface area (Å²) in [4.78, 5) is 2.80. The molecule has 0 aromatic rings. The van der Waals surface area contributed by atoms with Crippen molar-refractivity contribution in [1.29, 1.82) is 0 Å². The SMILES string of the molecule is CCC1CCCC(N2C(C)CNCC2C)C1. The van der Waals surface area contributed by atoms with Crippen molar-refractivity contribution in [2.75, 3.05) is 13.1 Å². The van der Waals surface area contributed by atoms with E-state index in [2.05, 4.69) is 31.0 Å². The van der Waals surface area contributed by atoms with Gasteiger partial charge in [-0.15, -0.1) is 0 Å². The quantitative estimate of drug-likeness (QED) is 0.776. The zero-order chi connectivity index (χ0) is 11.5. The maximum absolute atomic E-state index is 3.54.